The lowest BCUT2D eigenvalue weighted by atomic mass is 9.89. The number of aromatic nitrogens is 2. The summed E-state index contributed by atoms with van der Waals surface area (Å²) >= 11 is 0. The SMILES string of the molecule is Cn1cc(CCNC(=O)NC2CCN(C3CCCCC3O)CC2)cn1. The lowest BCUT2D eigenvalue weighted by Gasteiger charge is -2.41. The van der Waals surface area contributed by atoms with Gasteiger partial charge in [0, 0.05) is 45.0 Å². The summed E-state index contributed by atoms with van der Waals surface area (Å²) in [7, 11) is 1.89. The molecule has 1 saturated heterocycles. The average Bonchev–Trinajstić information content (AvgIpc) is 3.01. The number of urea groups is 1. The number of rotatable bonds is 5. The molecule has 0 spiro atoms. The van der Waals surface area contributed by atoms with E-state index in [0.29, 0.717) is 12.6 Å². The van der Waals surface area contributed by atoms with Gasteiger partial charge in [-0.2, -0.15) is 5.10 Å². The summed E-state index contributed by atoms with van der Waals surface area (Å²) in [5.74, 6) is 0. The number of nitrogens with zero attached hydrogens (tertiary/aromatic N) is 3. The number of aliphatic hydroxyl groups excluding tert-OH is 1. The van der Waals surface area contributed by atoms with Crippen LogP contribution < -0.4 is 10.6 Å². The summed E-state index contributed by atoms with van der Waals surface area (Å²) in [4.78, 5) is 14.5. The van der Waals surface area contributed by atoms with Gasteiger partial charge in [-0.05, 0) is 37.7 Å². The van der Waals surface area contributed by atoms with Crippen LogP contribution in [0.4, 0.5) is 4.79 Å². The monoisotopic (exact) mass is 349 g/mol. The zero-order valence-corrected chi connectivity index (χ0v) is 15.2. The third-order valence-corrected chi connectivity index (χ3v) is 5.49. The van der Waals surface area contributed by atoms with Gasteiger partial charge in [-0.3, -0.25) is 9.58 Å². The largest absolute Gasteiger partial charge is 0.391 e. The van der Waals surface area contributed by atoms with Crippen LogP contribution in [-0.2, 0) is 13.5 Å². The van der Waals surface area contributed by atoms with Gasteiger partial charge in [0.1, 0.15) is 0 Å². The minimum atomic E-state index is -0.172. The summed E-state index contributed by atoms with van der Waals surface area (Å²) in [5, 5.41) is 20.3. The van der Waals surface area contributed by atoms with E-state index in [1.807, 2.05) is 19.4 Å². The van der Waals surface area contributed by atoms with Gasteiger partial charge in [0.25, 0.3) is 0 Å². The van der Waals surface area contributed by atoms with E-state index in [-0.39, 0.29) is 18.2 Å². The van der Waals surface area contributed by atoms with E-state index in [9.17, 15) is 9.90 Å². The normalized spacial score (nSPS) is 25.7. The van der Waals surface area contributed by atoms with Crippen molar-refractivity contribution in [1.29, 1.82) is 0 Å². The van der Waals surface area contributed by atoms with Crippen molar-refractivity contribution in [1.82, 2.24) is 25.3 Å². The Balaban J connectivity index is 1.33. The van der Waals surface area contributed by atoms with E-state index < -0.39 is 0 Å². The first-order valence-corrected chi connectivity index (χ1v) is 9.56. The molecule has 1 aromatic rings. The maximum absolute atomic E-state index is 12.0. The maximum atomic E-state index is 12.0. The average molecular weight is 349 g/mol. The van der Waals surface area contributed by atoms with Crippen molar-refractivity contribution in [3.05, 3.63) is 18.0 Å². The molecule has 0 aromatic carbocycles. The number of aliphatic hydroxyl groups is 1. The lowest BCUT2D eigenvalue weighted by Crippen LogP contribution is -2.53. The molecule has 25 heavy (non-hydrogen) atoms. The summed E-state index contributed by atoms with van der Waals surface area (Å²) < 4.78 is 1.77. The molecule has 2 aliphatic rings. The van der Waals surface area contributed by atoms with Crippen molar-refractivity contribution in [2.24, 2.45) is 7.05 Å². The van der Waals surface area contributed by atoms with Crippen LogP contribution in [0.1, 0.15) is 44.1 Å². The molecule has 1 aliphatic carbocycles. The maximum Gasteiger partial charge on any atom is 0.315 e. The Morgan fingerprint density at radius 3 is 2.72 bits per heavy atom. The van der Waals surface area contributed by atoms with Crippen LogP contribution in [0.25, 0.3) is 0 Å². The fraction of sp³-hybridized carbons (Fsp3) is 0.778. The van der Waals surface area contributed by atoms with Gasteiger partial charge in [-0.25, -0.2) is 4.79 Å². The number of nitrogens with one attached hydrogen (secondary N) is 2. The molecule has 2 heterocycles. The van der Waals surface area contributed by atoms with Crippen LogP contribution in [0.5, 0.6) is 0 Å². The van der Waals surface area contributed by atoms with E-state index in [1.54, 1.807) is 4.68 Å². The van der Waals surface area contributed by atoms with E-state index in [2.05, 4.69) is 20.6 Å². The molecular weight excluding hydrogens is 318 g/mol. The number of hydrogen-bond donors (Lipinski definition) is 3. The van der Waals surface area contributed by atoms with E-state index in [1.165, 1.54) is 6.42 Å². The fourth-order valence-corrected chi connectivity index (χ4v) is 4.05. The topological polar surface area (TPSA) is 82.4 Å². The van der Waals surface area contributed by atoms with Gasteiger partial charge in [0.05, 0.1) is 12.3 Å². The first-order valence-electron chi connectivity index (χ1n) is 9.56. The van der Waals surface area contributed by atoms with Gasteiger partial charge in [-0.1, -0.05) is 12.8 Å². The minimum absolute atomic E-state index is 0.0833. The van der Waals surface area contributed by atoms with Crippen LogP contribution >= 0.6 is 0 Å². The van der Waals surface area contributed by atoms with Gasteiger partial charge in [-0.15, -0.1) is 0 Å². The molecule has 2 amide bonds. The highest BCUT2D eigenvalue weighted by Crippen LogP contribution is 2.25. The predicted octanol–water partition coefficient (Wildman–Crippen LogP) is 1.03. The van der Waals surface area contributed by atoms with Crippen molar-refractivity contribution < 1.29 is 9.90 Å². The standard InChI is InChI=1S/C18H31N5O2/c1-22-13-14(12-20-22)6-9-19-18(25)21-15-7-10-23(11-8-15)16-4-2-3-5-17(16)24/h12-13,15-17,24H,2-11H2,1H3,(H2,19,21,25). The molecule has 140 valence electrons. The van der Waals surface area contributed by atoms with Crippen molar-refractivity contribution in [2.45, 2.75) is 63.1 Å². The summed E-state index contributed by atoms with van der Waals surface area (Å²) in [6.07, 6.45) is 10.7. The zero-order valence-electron chi connectivity index (χ0n) is 15.2. The second-order valence-corrected chi connectivity index (χ2v) is 7.40. The Morgan fingerprint density at radius 2 is 2.04 bits per heavy atom. The summed E-state index contributed by atoms with van der Waals surface area (Å²) in [6, 6.07) is 0.471. The van der Waals surface area contributed by atoms with Gasteiger partial charge >= 0.3 is 6.03 Å². The van der Waals surface area contributed by atoms with Crippen molar-refractivity contribution in [3.63, 3.8) is 0 Å². The van der Waals surface area contributed by atoms with Crippen LogP contribution in [0.15, 0.2) is 12.4 Å². The van der Waals surface area contributed by atoms with Gasteiger partial charge < -0.3 is 15.7 Å². The molecule has 1 saturated carbocycles. The molecule has 7 nitrogen and oxygen atoms in total. The van der Waals surface area contributed by atoms with Crippen molar-refractivity contribution >= 4 is 6.03 Å². The van der Waals surface area contributed by atoms with E-state index in [0.717, 1.165) is 57.2 Å². The van der Waals surface area contributed by atoms with Crippen LogP contribution in [-0.4, -0.2) is 63.6 Å². The molecule has 0 bridgehead atoms. The second kappa shape index (κ2) is 8.67. The number of likely N-dealkylation sites (tertiary alicyclic amines) is 1. The Labute approximate surface area is 149 Å². The molecule has 7 heteroatoms. The highest BCUT2D eigenvalue weighted by atomic mass is 16.3. The smallest absolute Gasteiger partial charge is 0.315 e. The van der Waals surface area contributed by atoms with Crippen LogP contribution in [0.2, 0.25) is 0 Å². The first-order chi connectivity index (χ1) is 12.1. The van der Waals surface area contributed by atoms with Gasteiger partial charge in [0.15, 0.2) is 0 Å². The molecule has 1 aliphatic heterocycles. The number of hydrogen-bond acceptors (Lipinski definition) is 4. The highest BCUT2D eigenvalue weighted by molar-refractivity contribution is 5.74. The Kier molecular flexibility index (Phi) is 6.31. The third-order valence-electron chi connectivity index (χ3n) is 5.49. The minimum Gasteiger partial charge on any atom is -0.391 e. The van der Waals surface area contributed by atoms with Gasteiger partial charge in [0.2, 0.25) is 0 Å². The number of carbonyl (C=O) groups is 1. The quantitative estimate of drug-likeness (QED) is 0.741. The molecule has 1 aromatic heterocycles. The van der Waals surface area contributed by atoms with Crippen LogP contribution in [0.3, 0.4) is 0 Å². The van der Waals surface area contributed by atoms with Crippen molar-refractivity contribution in [3.8, 4) is 0 Å². The second-order valence-electron chi connectivity index (χ2n) is 7.40. The number of piperidine rings is 1. The molecule has 2 atom stereocenters. The predicted molar refractivity (Wildman–Crippen MR) is 96.3 cm³/mol. The van der Waals surface area contributed by atoms with Crippen LogP contribution in [0, 0.1) is 0 Å². The number of aryl methyl sites for hydroxylation is 1. The summed E-state index contributed by atoms with van der Waals surface area (Å²) in [6.45, 7) is 2.54. The Bertz CT molecular complexity index is 553. The molecule has 3 N–H and O–H groups in total. The molecular formula is C18H31N5O2. The number of amides is 2. The fourth-order valence-electron chi connectivity index (χ4n) is 4.05. The molecule has 0 radical (unpaired) electrons. The lowest BCUT2D eigenvalue weighted by molar-refractivity contribution is 0.00777. The highest BCUT2D eigenvalue weighted by Gasteiger charge is 2.31. The Hall–Kier alpha value is -1.60. The first kappa shape index (κ1) is 18.2. The summed E-state index contributed by atoms with van der Waals surface area (Å²) in [5.41, 5.74) is 1.13. The number of carbonyl (C=O) groups excluding carboxylic acids is 1. The van der Waals surface area contributed by atoms with E-state index in [4.69, 9.17) is 0 Å². The van der Waals surface area contributed by atoms with Crippen molar-refractivity contribution in [2.75, 3.05) is 19.6 Å². The van der Waals surface area contributed by atoms with E-state index >= 15 is 0 Å². The Morgan fingerprint density at radius 1 is 1.28 bits per heavy atom. The molecule has 2 fully saturated rings. The molecule has 2 unspecified atom stereocenters. The third kappa shape index (κ3) is 5.19. The molecule has 3 rings (SSSR count). The zero-order chi connectivity index (χ0) is 17.6.